The lowest BCUT2D eigenvalue weighted by Crippen LogP contribution is -2.28. The van der Waals surface area contributed by atoms with E-state index in [4.69, 9.17) is 16.3 Å². The number of aromatic nitrogens is 2. The van der Waals surface area contributed by atoms with E-state index >= 15 is 0 Å². The van der Waals surface area contributed by atoms with Crippen LogP contribution in [0, 0.1) is 13.8 Å². The van der Waals surface area contributed by atoms with Crippen LogP contribution in [-0.2, 0) is 4.79 Å². The first-order valence-electron chi connectivity index (χ1n) is 10.3. The van der Waals surface area contributed by atoms with Gasteiger partial charge in [-0.1, -0.05) is 24.6 Å². The third-order valence-corrected chi connectivity index (χ3v) is 5.84. The summed E-state index contributed by atoms with van der Waals surface area (Å²) < 4.78 is 7.25. The molecule has 1 aliphatic rings. The quantitative estimate of drug-likeness (QED) is 0.535. The third-order valence-electron chi connectivity index (χ3n) is 5.43. The summed E-state index contributed by atoms with van der Waals surface area (Å²) in [4.78, 5) is 25.9. The van der Waals surface area contributed by atoms with E-state index in [2.05, 4.69) is 10.4 Å². The zero-order chi connectivity index (χ0) is 22.1. The lowest BCUT2D eigenvalue weighted by atomic mass is 9.85. The Kier molecular flexibility index (Phi) is 5.83. The van der Waals surface area contributed by atoms with Gasteiger partial charge >= 0.3 is 0 Å². The second-order valence-electron chi connectivity index (χ2n) is 7.73. The molecule has 0 aliphatic carbocycles. The second kappa shape index (κ2) is 8.55. The van der Waals surface area contributed by atoms with E-state index in [-0.39, 0.29) is 18.1 Å². The predicted molar refractivity (Wildman–Crippen MR) is 121 cm³/mol. The highest BCUT2D eigenvalue weighted by molar-refractivity contribution is 6.31. The number of carbonyl (C=O) groups excluding carboxylic acids is 2. The second-order valence-corrected chi connectivity index (χ2v) is 8.14. The Morgan fingerprint density at radius 3 is 2.65 bits per heavy atom. The molecule has 160 valence electrons. The van der Waals surface area contributed by atoms with Crippen molar-refractivity contribution in [2.75, 3.05) is 11.9 Å². The SMILES string of the molecule is CCCOc1ccc(C(=O)[C@H]2CC(=O)Nc3c2c(C)nn3-c2ccc(C)c(Cl)c2)cc1. The van der Waals surface area contributed by atoms with Crippen LogP contribution in [0.1, 0.15) is 52.9 Å². The lowest BCUT2D eigenvalue weighted by Gasteiger charge is -2.23. The fourth-order valence-corrected chi connectivity index (χ4v) is 3.98. The number of Topliss-reactive ketones (excluding diaryl/α,β-unsaturated/α-hetero) is 1. The molecule has 4 rings (SSSR count). The van der Waals surface area contributed by atoms with E-state index in [0.717, 1.165) is 29.0 Å². The maximum Gasteiger partial charge on any atom is 0.226 e. The topological polar surface area (TPSA) is 73.2 Å². The average Bonchev–Trinajstić information content (AvgIpc) is 3.09. The molecule has 2 aromatic carbocycles. The molecule has 0 radical (unpaired) electrons. The number of benzene rings is 2. The fraction of sp³-hybridized carbons (Fsp3) is 0.292. The average molecular weight is 438 g/mol. The van der Waals surface area contributed by atoms with Crippen molar-refractivity contribution < 1.29 is 14.3 Å². The highest BCUT2D eigenvalue weighted by Crippen LogP contribution is 2.38. The molecule has 0 unspecified atom stereocenters. The lowest BCUT2D eigenvalue weighted by molar-refractivity contribution is -0.116. The number of nitrogens with one attached hydrogen (secondary N) is 1. The molecule has 0 bridgehead atoms. The Hall–Kier alpha value is -3.12. The smallest absolute Gasteiger partial charge is 0.226 e. The first-order valence-corrected chi connectivity index (χ1v) is 10.7. The van der Waals surface area contributed by atoms with Gasteiger partial charge in [0.25, 0.3) is 0 Å². The summed E-state index contributed by atoms with van der Waals surface area (Å²) in [6, 6.07) is 12.7. The Morgan fingerprint density at radius 1 is 1.23 bits per heavy atom. The van der Waals surface area contributed by atoms with Gasteiger partial charge in [-0.25, -0.2) is 4.68 Å². The minimum absolute atomic E-state index is 0.0844. The van der Waals surface area contributed by atoms with Crippen molar-refractivity contribution in [3.8, 4) is 11.4 Å². The molecule has 1 aliphatic heterocycles. The molecule has 0 saturated heterocycles. The summed E-state index contributed by atoms with van der Waals surface area (Å²) in [6.45, 7) is 6.44. The number of ether oxygens (including phenoxy) is 1. The molecule has 1 amide bonds. The van der Waals surface area contributed by atoms with E-state index in [9.17, 15) is 9.59 Å². The Morgan fingerprint density at radius 2 is 1.97 bits per heavy atom. The summed E-state index contributed by atoms with van der Waals surface area (Å²) in [5.74, 6) is 0.326. The molecule has 0 fully saturated rings. The molecule has 1 atom stereocenters. The molecule has 1 aromatic heterocycles. The zero-order valence-corrected chi connectivity index (χ0v) is 18.5. The highest BCUT2D eigenvalue weighted by atomic mass is 35.5. The van der Waals surface area contributed by atoms with Crippen molar-refractivity contribution in [2.45, 2.75) is 39.5 Å². The molecule has 6 nitrogen and oxygen atoms in total. The van der Waals surface area contributed by atoms with Crippen molar-refractivity contribution >= 4 is 29.1 Å². The van der Waals surface area contributed by atoms with Gasteiger partial charge in [0.05, 0.1) is 23.9 Å². The van der Waals surface area contributed by atoms with Crippen molar-refractivity contribution in [3.63, 3.8) is 0 Å². The van der Waals surface area contributed by atoms with E-state index in [1.165, 1.54) is 0 Å². The normalized spacial score (nSPS) is 15.4. The van der Waals surface area contributed by atoms with Crippen LogP contribution in [0.3, 0.4) is 0 Å². The monoisotopic (exact) mass is 437 g/mol. The third kappa shape index (κ3) is 4.08. The van der Waals surface area contributed by atoms with Gasteiger partial charge in [0, 0.05) is 22.6 Å². The number of hydrogen-bond donors (Lipinski definition) is 1. The van der Waals surface area contributed by atoms with Gasteiger partial charge in [-0.2, -0.15) is 5.10 Å². The zero-order valence-electron chi connectivity index (χ0n) is 17.7. The number of amides is 1. The highest BCUT2D eigenvalue weighted by Gasteiger charge is 2.36. The summed E-state index contributed by atoms with van der Waals surface area (Å²) in [6.07, 6.45) is 0.997. The van der Waals surface area contributed by atoms with Crippen molar-refractivity contribution in [1.29, 1.82) is 0 Å². The van der Waals surface area contributed by atoms with Crippen molar-refractivity contribution in [2.24, 2.45) is 0 Å². The molecular formula is C24H24ClN3O3. The van der Waals surface area contributed by atoms with Crippen molar-refractivity contribution in [1.82, 2.24) is 9.78 Å². The number of carbonyl (C=O) groups is 2. The van der Waals surface area contributed by atoms with Crippen LogP contribution in [0.2, 0.25) is 5.02 Å². The fourth-order valence-electron chi connectivity index (χ4n) is 3.81. The van der Waals surface area contributed by atoms with Gasteiger partial charge in [0.1, 0.15) is 11.6 Å². The number of ketones is 1. The molecular weight excluding hydrogens is 414 g/mol. The number of nitrogens with zero attached hydrogens (tertiary/aromatic N) is 2. The first kappa shape index (κ1) is 21.1. The van der Waals surface area contributed by atoms with Gasteiger partial charge in [-0.05, 0) is 62.2 Å². The van der Waals surface area contributed by atoms with Crippen LogP contribution < -0.4 is 10.1 Å². The van der Waals surface area contributed by atoms with Crippen LogP contribution in [0.25, 0.3) is 5.69 Å². The van der Waals surface area contributed by atoms with Crippen LogP contribution in [0.4, 0.5) is 5.82 Å². The van der Waals surface area contributed by atoms with Gasteiger partial charge in [0.2, 0.25) is 5.91 Å². The van der Waals surface area contributed by atoms with E-state index in [1.54, 1.807) is 35.0 Å². The number of fused-ring (bicyclic) bond motifs is 1. The number of rotatable bonds is 6. The molecule has 0 spiro atoms. The standard InChI is InChI=1S/C24H24ClN3O3/c1-4-11-31-18-9-6-16(7-10-18)23(30)19-13-21(29)26-24-22(19)15(3)27-28(24)17-8-5-14(2)20(25)12-17/h5-10,12,19H,4,11,13H2,1-3H3,(H,26,29)/t19-/m0/s1. The number of halogens is 1. The number of aryl methyl sites for hydroxylation is 2. The predicted octanol–water partition coefficient (Wildman–Crippen LogP) is 5.24. The number of anilines is 1. The minimum Gasteiger partial charge on any atom is -0.494 e. The maximum absolute atomic E-state index is 13.4. The first-order chi connectivity index (χ1) is 14.9. The van der Waals surface area contributed by atoms with Gasteiger partial charge in [-0.3, -0.25) is 9.59 Å². The molecule has 31 heavy (non-hydrogen) atoms. The Labute approximate surface area is 186 Å². The van der Waals surface area contributed by atoms with Crippen molar-refractivity contribution in [3.05, 3.63) is 69.9 Å². The summed E-state index contributed by atoms with van der Waals surface area (Å²) in [7, 11) is 0. The molecule has 2 heterocycles. The Balaban J connectivity index is 1.70. The molecule has 0 saturated carbocycles. The van der Waals surface area contributed by atoms with E-state index in [1.807, 2.05) is 32.9 Å². The molecule has 1 N–H and O–H groups in total. The van der Waals surface area contributed by atoms with E-state index in [0.29, 0.717) is 28.7 Å². The summed E-state index contributed by atoms with van der Waals surface area (Å²) in [5, 5.41) is 8.12. The maximum atomic E-state index is 13.4. The van der Waals surface area contributed by atoms with E-state index < -0.39 is 5.92 Å². The molecule has 7 heteroatoms. The van der Waals surface area contributed by atoms with Crippen LogP contribution in [0.15, 0.2) is 42.5 Å². The number of hydrogen-bond acceptors (Lipinski definition) is 4. The van der Waals surface area contributed by atoms with Crippen LogP contribution in [0.5, 0.6) is 5.75 Å². The van der Waals surface area contributed by atoms with Crippen LogP contribution >= 0.6 is 11.6 Å². The summed E-state index contributed by atoms with van der Waals surface area (Å²) in [5.41, 5.74) is 3.66. The van der Waals surface area contributed by atoms with Gasteiger partial charge in [-0.15, -0.1) is 0 Å². The van der Waals surface area contributed by atoms with Gasteiger partial charge in [0.15, 0.2) is 5.78 Å². The molecule has 3 aromatic rings. The largest absolute Gasteiger partial charge is 0.494 e. The van der Waals surface area contributed by atoms with Gasteiger partial charge < -0.3 is 10.1 Å². The summed E-state index contributed by atoms with van der Waals surface area (Å²) >= 11 is 6.29. The minimum atomic E-state index is -0.596. The van der Waals surface area contributed by atoms with Crippen LogP contribution in [-0.4, -0.2) is 28.1 Å². The Bertz CT molecular complexity index is 1150.